The van der Waals surface area contributed by atoms with Crippen molar-refractivity contribution in [1.29, 1.82) is 0 Å². The predicted molar refractivity (Wildman–Crippen MR) is 86.9 cm³/mol. The van der Waals surface area contributed by atoms with Gasteiger partial charge in [-0.15, -0.1) is 0 Å². The van der Waals surface area contributed by atoms with Crippen molar-refractivity contribution in [3.63, 3.8) is 0 Å². The number of nitrogens with one attached hydrogen (secondary N) is 1. The van der Waals surface area contributed by atoms with Crippen molar-refractivity contribution in [1.82, 2.24) is 5.32 Å². The van der Waals surface area contributed by atoms with Crippen LogP contribution in [0.2, 0.25) is 0 Å². The smallest absolute Gasteiger partial charge is 0.128 e. The molecule has 0 fully saturated rings. The molecule has 0 spiro atoms. The van der Waals surface area contributed by atoms with Crippen LogP contribution in [0.15, 0.2) is 48.5 Å². The van der Waals surface area contributed by atoms with Crippen LogP contribution in [0.4, 0.5) is 4.39 Å². The molecule has 0 amide bonds. The minimum atomic E-state index is -0.155. The lowest BCUT2D eigenvalue weighted by atomic mass is 9.94. The zero-order valence-corrected chi connectivity index (χ0v) is 13.1. The highest BCUT2D eigenvalue weighted by atomic mass is 19.1. The van der Waals surface area contributed by atoms with Gasteiger partial charge in [-0.2, -0.15) is 0 Å². The lowest BCUT2D eigenvalue weighted by molar-refractivity contribution is 0.558. The van der Waals surface area contributed by atoms with Crippen LogP contribution in [-0.4, -0.2) is 6.54 Å². The average Bonchev–Trinajstić information content (AvgIpc) is 2.45. The maximum absolute atomic E-state index is 14.1. The molecule has 112 valence electrons. The Morgan fingerprint density at radius 3 is 2.48 bits per heavy atom. The van der Waals surface area contributed by atoms with Crippen LogP contribution >= 0.6 is 0 Å². The summed E-state index contributed by atoms with van der Waals surface area (Å²) in [4.78, 5) is 0. The second-order valence-corrected chi connectivity index (χ2v) is 5.86. The Morgan fingerprint density at radius 1 is 1.05 bits per heavy atom. The lowest BCUT2D eigenvalue weighted by Crippen LogP contribution is -2.23. The van der Waals surface area contributed by atoms with E-state index >= 15 is 0 Å². The number of rotatable bonds is 6. The summed E-state index contributed by atoms with van der Waals surface area (Å²) in [6.45, 7) is 7.27. The van der Waals surface area contributed by atoms with Gasteiger partial charge in [0.05, 0.1) is 6.04 Å². The first-order valence-electron chi connectivity index (χ1n) is 7.68. The standard InChI is InChI=1S/C19H24FN/c1-4-21-19(17-10-5-6-11-18(17)20)16-9-7-8-15(13-16)12-14(2)3/h5-11,13-14,19,21H,4,12H2,1-3H3. The van der Waals surface area contributed by atoms with Gasteiger partial charge in [-0.05, 0) is 36.1 Å². The Hall–Kier alpha value is -1.67. The molecule has 21 heavy (non-hydrogen) atoms. The lowest BCUT2D eigenvalue weighted by Gasteiger charge is -2.20. The molecule has 1 N–H and O–H groups in total. The summed E-state index contributed by atoms with van der Waals surface area (Å²) >= 11 is 0. The van der Waals surface area contributed by atoms with Gasteiger partial charge in [0.1, 0.15) is 5.82 Å². The van der Waals surface area contributed by atoms with E-state index in [0.717, 1.165) is 18.5 Å². The van der Waals surface area contributed by atoms with Crippen molar-refractivity contribution < 1.29 is 4.39 Å². The molecule has 0 heterocycles. The SMILES string of the molecule is CCNC(c1cccc(CC(C)C)c1)c1ccccc1F. The molecule has 1 unspecified atom stereocenters. The molecule has 2 heteroatoms. The Kier molecular flexibility index (Phi) is 5.51. The quantitative estimate of drug-likeness (QED) is 0.809. The fourth-order valence-corrected chi connectivity index (χ4v) is 2.69. The molecule has 1 atom stereocenters. The maximum Gasteiger partial charge on any atom is 0.128 e. The van der Waals surface area contributed by atoms with Crippen LogP contribution < -0.4 is 5.32 Å². The van der Waals surface area contributed by atoms with E-state index < -0.39 is 0 Å². The van der Waals surface area contributed by atoms with E-state index in [1.54, 1.807) is 6.07 Å². The molecule has 0 radical (unpaired) electrons. The summed E-state index contributed by atoms with van der Waals surface area (Å²) in [6, 6.07) is 15.4. The zero-order chi connectivity index (χ0) is 15.2. The molecular weight excluding hydrogens is 261 g/mol. The van der Waals surface area contributed by atoms with Crippen LogP contribution in [0, 0.1) is 11.7 Å². The first-order valence-corrected chi connectivity index (χ1v) is 7.68. The molecular formula is C19H24FN. The minimum absolute atomic E-state index is 0.0942. The third-order valence-electron chi connectivity index (χ3n) is 3.55. The van der Waals surface area contributed by atoms with E-state index in [9.17, 15) is 4.39 Å². The summed E-state index contributed by atoms with van der Waals surface area (Å²) in [5.41, 5.74) is 3.14. The average molecular weight is 285 g/mol. The van der Waals surface area contributed by atoms with E-state index in [1.165, 1.54) is 11.6 Å². The van der Waals surface area contributed by atoms with Crippen molar-refractivity contribution in [2.75, 3.05) is 6.54 Å². The summed E-state index contributed by atoms with van der Waals surface area (Å²) in [5, 5.41) is 3.40. The van der Waals surface area contributed by atoms with E-state index in [2.05, 4.69) is 43.4 Å². The first kappa shape index (κ1) is 15.7. The number of halogens is 1. The molecule has 2 aromatic rings. The minimum Gasteiger partial charge on any atom is -0.306 e. The van der Waals surface area contributed by atoms with Gasteiger partial charge in [0, 0.05) is 5.56 Å². The van der Waals surface area contributed by atoms with Crippen molar-refractivity contribution >= 4 is 0 Å². The molecule has 1 nitrogen and oxygen atoms in total. The van der Waals surface area contributed by atoms with Crippen LogP contribution in [0.3, 0.4) is 0 Å². The molecule has 0 bridgehead atoms. The van der Waals surface area contributed by atoms with Crippen molar-refractivity contribution in [3.8, 4) is 0 Å². The Balaban J connectivity index is 2.36. The predicted octanol–water partition coefficient (Wildman–Crippen LogP) is 4.72. The number of hydrogen-bond acceptors (Lipinski definition) is 1. The first-order chi connectivity index (χ1) is 10.1. The maximum atomic E-state index is 14.1. The van der Waals surface area contributed by atoms with E-state index in [-0.39, 0.29) is 11.9 Å². The highest BCUT2D eigenvalue weighted by Gasteiger charge is 2.16. The van der Waals surface area contributed by atoms with Gasteiger partial charge < -0.3 is 5.32 Å². The van der Waals surface area contributed by atoms with Crippen molar-refractivity contribution in [2.45, 2.75) is 33.2 Å². The summed E-state index contributed by atoms with van der Waals surface area (Å²) in [5.74, 6) is 0.462. The molecule has 0 aliphatic carbocycles. The fraction of sp³-hybridized carbons (Fsp3) is 0.368. The van der Waals surface area contributed by atoms with E-state index in [1.807, 2.05) is 19.1 Å². The molecule has 0 aliphatic heterocycles. The van der Waals surface area contributed by atoms with Gasteiger partial charge in [0.2, 0.25) is 0 Å². The van der Waals surface area contributed by atoms with Gasteiger partial charge in [0.15, 0.2) is 0 Å². The molecule has 0 aromatic heterocycles. The van der Waals surface area contributed by atoms with E-state index in [4.69, 9.17) is 0 Å². The second-order valence-electron chi connectivity index (χ2n) is 5.86. The second kappa shape index (κ2) is 7.37. The van der Waals surface area contributed by atoms with Gasteiger partial charge in [-0.1, -0.05) is 63.2 Å². The van der Waals surface area contributed by atoms with Crippen molar-refractivity contribution in [3.05, 3.63) is 71.0 Å². The van der Waals surface area contributed by atoms with Gasteiger partial charge in [-0.3, -0.25) is 0 Å². The number of hydrogen-bond donors (Lipinski definition) is 1. The van der Waals surface area contributed by atoms with Crippen LogP contribution in [0.5, 0.6) is 0 Å². The summed E-state index contributed by atoms with van der Waals surface area (Å²) in [7, 11) is 0. The Bertz CT molecular complexity index is 577. The third kappa shape index (κ3) is 4.15. The third-order valence-corrected chi connectivity index (χ3v) is 3.55. The zero-order valence-electron chi connectivity index (χ0n) is 13.1. The molecule has 0 aliphatic rings. The van der Waals surface area contributed by atoms with Crippen LogP contribution in [0.1, 0.15) is 43.5 Å². The summed E-state index contributed by atoms with van der Waals surface area (Å²) < 4.78 is 14.1. The monoisotopic (exact) mass is 285 g/mol. The van der Waals surface area contributed by atoms with Crippen molar-refractivity contribution in [2.24, 2.45) is 5.92 Å². The Morgan fingerprint density at radius 2 is 1.81 bits per heavy atom. The van der Waals surface area contributed by atoms with Gasteiger partial charge in [0.25, 0.3) is 0 Å². The highest BCUT2D eigenvalue weighted by Crippen LogP contribution is 2.25. The topological polar surface area (TPSA) is 12.0 Å². The molecule has 0 saturated heterocycles. The largest absolute Gasteiger partial charge is 0.306 e. The normalized spacial score (nSPS) is 12.6. The van der Waals surface area contributed by atoms with Gasteiger partial charge in [-0.25, -0.2) is 4.39 Å². The molecule has 0 saturated carbocycles. The molecule has 2 rings (SSSR count). The van der Waals surface area contributed by atoms with E-state index in [0.29, 0.717) is 11.5 Å². The fourth-order valence-electron chi connectivity index (χ4n) is 2.69. The molecule has 2 aromatic carbocycles. The van der Waals surface area contributed by atoms with Crippen LogP contribution in [0.25, 0.3) is 0 Å². The Labute approximate surface area is 127 Å². The highest BCUT2D eigenvalue weighted by molar-refractivity contribution is 5.35. The number of benzene rings is 2. The summed E-state index contributed by atoms with van der Waals surface area (Å²) in [6.07, 6.45) is 1.05. The van der Waals surface area contributed by atoms with Gasteiger partial charge >= 0.3 is 0 Å². The van der Waals surface area contributed by atoms with Crippen LogP contribution in [-0.2, 0) is 6.42 Å².